The lowest BCUT2D eigenvalue weighted by Gasteiger charge is -2.35. The predicted molar refractivity (Wildman–Crippen MR) is 154 cm³/mol. The lowest BCUT2D eigenvalue weighted by atomic mass is 10.0. The van der Waals surface area contributed by atoms with Crippen molar-refractivity contribution in [2.45, 2.75) is 19.5 Å². The third-order valence-corrected chi connectivity index (χ3v) is 7.69. The maximum absolute atomic E-state index is 13.2. The topological polar surface area (TPSA) is 78.8 Å². The van der Waals surface area contributed by atoms with Crippen LogP contribution in [-0.2, 0) is 13.1 Å². The van der Waals surface area contributed by atoms with Gasteiger partial charge in [-0.3, -0.25) is 24.2 Å². The van der Waals surface area contributed by atoms with Crippen molar-refractivity contribution in [3.8, 4) is 11.1 Å². The van der Waals surface area contributed by atoms with Crippen LogP contribution < -0.4 is 10.5 Å². The zero-order valence-corrected chi connectivity index (χ0v) is 22.3. The van der Waals surface area contributed by atoms with Crippen molar-refractivity contribution in [2.24, 2.45) is 0 Å². The normalized spacial score (nSPS) is 15.5. The highest BCUT2D eigenvalue weighted by Gasteiger charge is 2.34. The molecular weight excluding hydrogens is 502 g/mol. The Morgan fingerprint density at radius 1 is 0.675 bits per heavy atom. The lowest BCUT2D eigenvalue weighted by Crippen LogP contribution is -2.48. The van der Waals surface area contributed by atoms with Gasteiger partial charge in [0.1, 0.15) is 0 Å². The number of carbonyl (C=O) groups is 2. The molecule has 1 aromatic heterocycles. The standard InChI is InChI=1S/C32H31N5O3/c38-30-27-9-4-5-10-28(27)31(39)37(30)17-6-16-36-18-15-33-29(32(36)40)35-21-19-34(20-22-35)23-24-11-13-26(14-12-24)25-7-2-1-3-8-25/h1-5,7-15,18H,6,16-17,19-23H2. The van der Waals surface area contributed by atoms with Crippen LogP contribution in [0.5, 0.6) is 0 Å². The van der Waals surface area contributed by atoms with Gasteiger partial charge in [-0.15, -0.1) is 0 Å². The second-order valence-corrected chi connectivity index (χ2v) is 10.2. The molecule has 2 aliphatic heterocycles. The van der Waals surface area contributed by atoms with Gasteiger partial charge in [-0.25, -0.2) is 4.98 Å². The van der Waals surface area contributed by atoms with Gasteiger partial charge < -0.3 is 9.47 Å². The van der Waals surface area contributed by atoms with Crippen molar-refractivity contribution < 1.29 is 9.59 Å². The Labute approximate surface area is 233 Å². The number of amides is 2. The molecule has 8 nitrogen and oxygen atoms in total. The van der Waals surface area contributed by atoms with Crippen LogP contribution in [0.2, 0.25) is 0 Å². The van der Waals surface area contributed by atoms with Crippen molar-refractivity contribution in [2.75, 3.05) is 37.6 Å². The Balaban J connectivity index is 1.02. The van der Waals surface area contributed by atoms with Gasteiger partial charge in [0.15, 0.2) is 5.82 Å². The molecule has 2 amide bonds. The summed E-state index contributed by atoms with van der Waals surface area (Å²) in [7, 11) is 0. The molecule has 0 bridgehead atoms. The highest BCUT2D eigenvalue weighted by Crippen LogP contribution is 2.23. The number of aromatic nitrogens is 2. The second kappa shape index (κ2) is 11.3. The molecule has 2 aliphatic rings. The molecule has 202 valence electrons. The molecule has 3 heterocycles. The van der Waals surface area contributed by atoms with E-state index in [1.807, 2.05) is 6.07 Å². The van der Waals surface area contributed by atoms with Crippen LogP contribution in [0.3, 0.4) is 0 Å². The van der Waals surface area contributed by atoms with Crippen molar-refractivity contribution in [3.63, 3.8) is 0 Å². The van der Waals surface area contributed by atoms with Gasteiger partial charge in [0.2, 0.25) is 0 Å². The van der Waals surface area contributed by atoms with Crippen LogP contribution >= 0.6 is 0 Å². The van der Waals surface area contributed by atoms with E-state index in [0.717, 1.165) is 32.7 Å². The minimum absolute atomic E-state index is 0.144. The van der Waals surface area contributed by atoms with E-state index in [2.05, 4.69) is 63.3 Å². The number of imide groups is 1. The van der Waals surface area contributed by atoms with Crippen molar-refractivity contribution in [1.82, 2.24) is 19.4 Å². The number of fused-ring (bicyclic) bond motifs is 1. The van der Waals surface area contributed by atoms with Gasteiger partial charge in [0.05, 0.1) is 11.1 Å². The molecule has 0 aliphatic carbocycles. The zero-order valence-electron chi connectivity index (χ0n) is 22.3. The van der Waals surface area contributed by atoms with E-state index in [4.69, 9.17) is 0 Å². The van der Waals surface area contributed by atoms with E-state index in [0.29, 0.717) is 29.9 Å². The van der Waals surface area contributed by atoms with Crippen molar-refractivity contribution in [1.29, 1.82) is 0 Å². The highest BCUT2D eigenvalue weighted by molar-refractivity contribution is 6.21. The molecule has 8 heteroatoms. The Hall–Kier alpha value is -4.56. The highest BCUT2D eigenvalue weighted by atomic mass is 16.2. The zero-order chi connectivity index (χ0) is 27.5. The van der Waals surface area contributed by atoms with E-state index in [-0.39, 0.29) is 23.9 Å². The first kappa shape index (κ1) is 25.7. The molecule has 4 aromatic rings. The molecule has 6 rings (SSSR count). The minimum Gasteiger partial charge on any atom is -0.349 e. The van der Waals surface area contributed by atoms with Crippen molar-refractivity contribution in [3.05, 3.63) is 118 Å². The smallest absolute Gasteiger partial charge is 0.293 e. The molecule has 0 radical (unpaired) electrons. The molecule has 1 fully saturated rings. The third-order valence-electron chi connectivity index (χ3n) is 7.69. The summed E-state index contributed by atoms with van der Waals surface area (Å²) in [5.74, 6) is -0.0863. The maximum Gasteiger partial charge on any atom is 0.293 e. The fourth-order valence-electron chi connectivity index (χ4n) is 5.48. The van der Waals surface area contributed by atoms with Crippen molar-refractivity contribution >= 4 is 17.6 Å². The predicted octanol–water partition coefficient (Wildman–Crippen LogP) is 3.92. The number of carbonyl (C=O) groups excluding carboxylic acids is 2. The summed E-state index contributed by atoms with van der Waals surface area (Å²) in [6.07, 6.45) is 3.81. The van der Waals surface area contributed by atoms with Gasteiger partial charge in [-0.05, 0) is 35.2 Å². The lowest BCUT2D eigenvalue weighted by molar-refractivity contribution is 0.0650. The maximum atomic E-state index is 13.2. The van der Waals surface area contributed by atoms with Gasteiger partial charge in [0.25, 0.3) is 17.4 Å². The van der Waals surface area contributed by atoms with Crippen LogP contribution in [0.1, 0.15) is 32.7 Å². The Kier molecular flexibility index (Phi) is 7.25. The summed E-state index contributed by atoms with van der Waals surface area (Å²) < 4.78 is 1.63. The summed E-state index contributed by atoms with van der Waals surface area (Å²) in [6.45, 7) is 4.68. The summed E-state index contributed by atoms with van der Waals surface area (Å²) in [5.41, 5.74) is 4.44. The number of nitrogens with zero attached hydrogens (tertiary/aromatic N) is 5. The summed E-state index contributed by atoms with van der Waals surface area (Å²) in [5, 5.41) is 0. The number of anilines is 1. The molecule has 0 unspecified atom stereocenters. The van der Waals surface area contributed by atoms with E-state index < -0.39 is 0 Å². The molecule has 0 spiro atoms. The Bertz CT molecular complexity index is 1540. The molecule has 0 atom stereocenters. The molecular formula is C32H31N5O3. The first-order valence-corrected chi connectivity index (χ1v) is 13.7. The van der Waals surface area contributed by atoms with Crippen LogP contribution in [0.15, 0.2) is 96.1 Å². The fourth-order valence-corrected chi connectivity index (χ4v) is 5.48. The van der Waals surface area contributed by atoms with Crippen LogP contribution in [0.4, 0.5) is 5.82 Å². The summed E-state index contributed by atoms with van der Waals surface area (Å²) in [6, 6.07) is 26.0. The van der Waals surface area contributed by atoms with Gasteiger partial charge in [-0.1, -0.05) is 66.7 Å². The summed E-state index contributed by atoms with van der Waals surface area (Å²) in [4.78, 5) is 48.6. The van der Waals surface area contributed by atoms with Gasteiger partial charge in [0, 0.05) is 58.2 Å². The number of rotatable bonds is 8. The SMILES string of the molecule is O=C1c2ccccc2C(=O)N1CCCn1ccnc(N2CCN(Cc3ccc(-c4ccccc4)cc3)CC2)c1=O. The number of hydrogen-bond donors (Lipinski definition) is 0. The fraction of sp³-hybridized carbons (Fsp3) is 0.250. The quantitative estimate of drug-likeness (QED) is 0.320. The van der Waals surface area contributed by atoms with E-state index in [1.54, 1.807) is 41.2 Å². The van der Waals surface area contributed by atoms with Gasteiger partial charge in [-0.2, -0.15) is 0 Å². The average molecular weight is 534 g/mol. The van der Waals surface area contributed by atoms with Crippen LogP contribution in [0.25, 0.3) is 11.1 Å². The molecule has 0 saturated carbocycles. The minimum atomic E-state index is -0.270. The number of aryl methyl sites for hydroxylation is 1. The van der Waals surface area contributed by atoms with E-state index >= 15 is 0 Å². The van der Waals surface area contributed by atoms with Crippen LogP contribution in [-0.4, -0.2) is 63.9 Å². The second-order valence-electron chi connectivity index (χ2n) is 10.2. The Morgan fingerprint density at radius 2 is 1.30 bits per heavy atom. The largest absolute Gasteiger partial charge is 0.349 e. The number of hydrogen-bond acceptors (Lipinski definition) is 6. The molecule has 1 saturated heterocycles. The summed E-state index contributed by atoms with van der Waals surface area (Å²) >= 11 is 0. The average Bonchev–Trinajstić information content (AvgIpc) is 3.24. The number of piperazine rings is 1. The number of benzene rings is 3. The van der Waals surface area contributed by atoms with Crippen LogP contribution in [0, 0.1) is 0 Å². The molecule has 0 N–H and O–H groups in total. The first-order chi connectivity index (χ1) is 19.6. The van der Waals surface area contributed by atoms with E-state index in [9.17, 15) is 14.4 Å². The monoisotopic (exact) mass is 533 g/mol. The third kappa shape index (κ3) is 5.18. The van der Waals surface area contributed by atoms with E-state index in [1.165, 1.54) is 21.6 Å². The Morgan fingerprint density at radius 3 is 1.98 bits per heavy atom. The molecule has 3 aromatic carbocycles. The molecule has 40 heavy (non-hydrogen) atoms. The first-order valence-electron chi connectivity index (χ1n) is 13.7. The van der Waals surface area contributed by atoms with Gasteiger partial charge >= 0.3 is 0 Å².